The Bertz CT molecular complexity index is 278. The molecular formula is C9H12I2OSi. The Labute approximate surface area is 109 Å². The predicted octanol–water partition coefficient (Wildman–Crippen LogP) is 2.45. The molecule has 0 amide bonds. The number of halogens is 2. The molecule has 0 fully saturated rings. The van der Waals surface area contributed by atoms with Gasteiger partial charge >= 0.3 is 0 Å². The van der Waals surface area contributed by atoms with Crippen LogP contribution in [-0.4, -0.2) is 16.8 Å². The van der Waals surface area contributed by atoms with Crippen LogP contribution in [0, 0.1) is 7.14 Å². The average Bonchev–Trinajstić information content (AvgIpc) is 2.12. The molecule has 0 heterocycles. The van der Waals surface area contributed by atoms with Crippen molar-refractivity contribution in [2.75, 3.05) is 6.61 Å². The number of hydrogen-bond acceptors (Lipinski definition) is 1. The quantitative estimate of drug-likeness (QED) is 0.415. The van der Waals surface area contributed by atoms with Crippen molar-refractivity contribution in [2.45, 2.75) is 12.5 Å². The van der Waals surface area contributed by atoms with Gasteiger partial charge in [0.15, 0.2) is 0 Å². The van der Waals surface area contributed by atoms with Crippen molar-refractivity contribution in [2.24, 2.45) is 0 Å². The van der Waals surface area contributed by atoms with Crippen LogP contribution >= 0.6 is 45.2 Å². The van der Waals surface area contributed by atoms with Crippen LogP contribution in [0.1, 0.15) is 6.42 Å². The fourth-order valence-electron chi connectivity index (χ4n) is 0.901. The van der Waals surface area contributed by atoms with Crippen LogP contribution in [0.2, 0.25) is 6.04 Å². The summed E-state index contributed by atoms with van der Waals surface area (Å²) < 4.78 is 8.15. The topological polar surface area (TPSA) is 9.23 Å². The molecule has 13 heavy (non-hydrogen) atoms. The third kappa shape index (κ3) is 4.16. The van der Waals surface area contributed by atoms with Gasteiger partial charge in [0.1, 0.15) is 5.75 Å². The minimum absolute atomic E-state index is 0.861. The summed E-state index contributed by atoms with van der Waals surface area (Å²) in [5.41, 5.74) is 0. The van der Waals surface area contributed by atoms with Gasteiger partial charge in [-0.3, -0.25) is 0 Å². The first-order valence-electron chi connectivity index (χ1n) is 4.32. The molecule has 0 saturated heterocycles. The Balaban J connectivity index is 2.53. The molecule has 1 aromatic rings. The van der Waals surface area contributed by atoms with Crippen LogP contribution in [0.5, 0.6) is 5.75 Å². The van der Waals surface area contributed by atoms with Gasteiger partial charge < -0.3 is 4.74 Å². The Hall–Kier alpha value is 0.697. The van der Waals surface area contributed by atoms with E-state index in [1.807, 2.05) is 6.07 Å². The monoisotopic (exact) mass is 418 g/mol. The van der Waals surface area contributed by atoms with Crippen molar-refractivity contribution >= 4 is 55.4 Å². The molecule has 0 aliphatic heterocycles. The van der Waals surface area contributed by atoms with E-state index < -0.39 is 0 Å². The lowest BCUT2D eigenvalue weighted by atomic mass is 10.3. The highest BCUT2D eigenvalue weighted by Gasteiger charge is 1.98. The summed E-state index contributed by atoms with van der Waals surface area (Å²) in [5.74, 6) is 1.000. The second kappa shape index (κ2) is 6.23. The lowest BCUT2D eigenvalue weighted by Gasteiger charge is -2.05. The zero-order valence-corrected chi connectivity index (χ0v) is 13.8. The molecule has 1 nitrogen and oxygen atoms in total. The van der Waals surface area contributed by atoms with E-state index in [0.29, 0.717) is 0 Å². The summed E-state index contributed by atoms with van der Waals surface area (Å²) >= 11 is 4.66. The highest BCUT2D eigenvalue weighted by molar-refractivity contribution is 14.1. The first kappa shape index (κ1) is 11.8. The van der Waals surface area contributed by atoms with Crippen LogP contribution in [0.15, 0.2) is 18.2 Å². The van der Waals surface area contributed by atoms with Gasteiger partial charge in [0, 0.05) is 17.4 Å². The van der Waals surface area contributed by atoms with Gasteiger partial charge in [0.05, 0.1) is 6.61 Å². The molecule has 0 radical (unpaired) electrons. The molecule has 0 aliphatic carbocycles. The van der Waals surface area contributed by atoms with Crippen molar-refractivity contribution in [1.82, 2.24) is 0 Å². The summed E-state index contributed by atoms with van der Waals surface area (Å²) in [4.78, 5) is 0. The second-order valence-electron chi connectivity index (χ2n) is 2.78. The van der Waals surface area contributed by atoms with Crippen LogP contribution in [-0.2, 0) is 0 Å². The summed E-state index contributed by atoms with van der Waals surface area (Å²) in [6.45, 7) is 0.861. The van der Waals surface area contributed by atoms with Crippen molar-refractivity contribution in [3.05, 3.63) is 25.3 Å². The van der Waals surface area contributed by atoms with Crippen LogP contribution in [0.25, 0.3) is 0 Å². The van der Waals surface area contributed by atoms with Gasteiger partial charge in [-0.25, -0.2) is 0 Å². The second-order valence-corrected chi connectivity index (χ2v) is 6.10. The number of ether oxygens (including phenoxy) is 1. The molecule has 0 saturated carbocycles. The van der Waals surface area contributed by atoms with E-state index in [4.69, 9.17) is 4.74 Å². The van der Waals surface area contributed by atoms with Crippen molar-refractivity contribution in [1.29, 1.82) is 0 Å². The lowest BCUT2D eigenvalue weighted by molar-refractivity contribution is 0.317. The molecule has 72 valence electrons. The van der Waals surface area contributed by atoms with Crippen LogP contribution < -0.4 is 4.74 Å². The minimum atomic E-state index is 0.861. The largest absolute Gasteiger partial charge is 0.494 e. The molecule has 1 rings (SSSR count). The Morgan fingerprint density at radius 2 is 2.00 bits per heavy atom. The average molecular weight is 418 g/mol. The number of hydrogen-bond donors (Lipinski definition) is 0. The molecule has 0 spiro atoms. The van der Waals surface area contributed by atoms with Crippen molar-refractivity contribution in [3.63, 3.8) is 0 Å². The maximum absolute atomic E-state index is 5.60. The van der Waals surface area contributed by atoms with E-state index in [1.165, 1.54) is 29.8 Å². The SMILES string of the molecule is [SiH3]CCCOc1ccc(I)c(I)c1. The molecule has 0 unspecified atom stereocenters. The Morgan fingerprint density at radius 1 is 1.23 bits per heavy atom. The molecule has 0 aromatic heterocycles. The van der Waals surface area contributed by atoms with E-state index in [-0.39, 0.29) is 0 Å². The first-order chi connectivity index (χ1) is 6.24. The maximum Gasteiger partial charge on any atom is 0.120 e. The summed E-state index contributed by atoms with van der Waals surface area (Å²) in [6, 6.07) is 7.55. The van der Waals surface area contributed by atoms with Crippen molar-refractivity contribution in [3.8, 4) is 5.75 Å². The van der Waals surface area contributed by atoms with Gasteiger partial charge in [0.2, 0.25) is 0 Å². The van der Waals surface area contributed by atoms with Crippen molar-refractivity contribution < 1.29 is 4.74 Å². The predicted molar refractivity (Wildman–Crippen MR) is 76.7 cm³/mol. The zero-order chi connectivity index (χ0) is 9.68. The van der Waals surface area contributed by atoms with Crippen LogP contribution in [0.3, 0.4) is 0 Å². The molecule has 0 N–H and O–H groups in total. The van der Waals surface area contributed by atoms with E-state index in [1.54, 1.807) is 0 Å². The molecule has 0 atom stereocenters. The van der Waals surface area contributed by atoms with Crippen LogP contribution in [0.4, 0.5) is 0 Å². The normalized spacial score (nSPS) is 10.3. The first-order valence-corrected chi connectivity index (χ1v) is 7.89. The molecular weight excluding hydrogens is 406 g/mol. The van der Waals surface area contributed by atoms with Gasteiger partial charge in [-0.15, -0.1) is 0 Å². The minimum Gasteiger partial charge on any atom is -0.494 e. The lowest BCUT2D eigenvalue weighted by Crippen LogP contribution is -1.97. The third-order valence-corrected chi connectivity index (χ3v) is 5.23. The fraction of sp³-hybridized carbons (Fsp3) is 0.333. The third-order valence-electron chi connectivity index (χ3n) is 1.66. The fourth-order valence-corrected chi connectivity index (χ4v) is 2.01. The van der Waals surface area contributed by atoms with Gasteiger partial charge in [-0.05, 0) is 69.8 Å². The standard InChI is InChI=1S/C9H12I2OSi/c10-8-3-2-7(6-9(8)11)12-4-1-5-13/h2-3,6H,1,4-5H2,13H3. The van der Waals surface area contributed by atoms with Gasteiger partial charge in [-0.2, -0.15) is 0 Å². The summed E-state index contributed by atoms with van der Waals surface area (Å²) in [5, 5.41) is 0. The van der Waals surface area contributed by atoms with E-state index >= 15 is 0 Å². The highest BCUT2D eigenvalue weighted by Crippen LogP contribution is 2.21. The Morgan fingerprint density at radius 3 is 2.62 bits per heavy atom. The Kier molecular flexibility index (Phi) is 5.64. The van der Waals surface area contributed by atoms with Gasteiger partial charge in [-0.1, -0.05) is 6.04 Å². The molecule has 0 bridgehead atoms. The highest BCUT2D eigenvalue weighted by atomic mass is 127. The smallest absolute Gasteiger partial charge is 0.120 e. The molecule has 1 aromatic carbocycles. The molecule has 0 aliphatic rings. The van der Waals surface area contributed by atoms with Gasteiger partial charge in [0.25, 0.3) is 0 Å². The summed E-state index contributed by atoms with van der Waals surface area (Å²) in [7, 11) is 1.28. The maximum atomic E-state index is 5.60. The number of rotatable bonds is 4. The summed E-state index contributed by atoms with van der Waals surface area (Å²) in [6.07, 6.45) is 1.19. The number of benzene rings is 1. The van der Waals surface area contributed by atoms with E-state index in [9.17, 15) is 0 Å². The zero-order valence-electron chi connectivity index (χ0n) is 7.52. The molecule has 4 heteroatoms. The van der Waals surface area contributed by atoms with E-state index in [2.05, 4.69) is 57.3 Å². The van der Waals surface area contributed by atoms with E-state index in [0.717, 1.165) is 12.4 Å².